The van der Waals surface area contributed by atoms with Crippen LogP contribution in [0.3, 0.4) is 0 Å². The van der Waals surface area contributed by atoms with E-state index < -0.39 is 0 Å². The van der Waals surface area contributed by atoms with Crippen LogP contribution in [0.2, 0.25) is 0 Å². The molecule has 1 aromatic rings. The van der Waals surface area contributed by atoms with Crippen molar-refractivity contribution in [3.63, 3.8) is 0 Å². The molecule has 1 aromatic carbocycles. The summed E-state index contributed by atoms with van der Waals surface area (Å²) in [6, 6.07) is 9.45. The van der Waals surface area contributed by atoms with Gasteiger partial charge < -0.3 is 10.1 Å². The molecule has 2 nitrogen and oxygen atoms in total. The highest BCUT2D eigenvalue weighted by molar-refractivity contribution is 9.10. The largest absolute Gasteiger partial charge is 0.385 e. The van der Waals surface area contributed by atoms with Crippen molar-refractivity contribution >= 4 is 15.9 Å². The first-order valence-electron chi connectivity index (χ1n) is 6.74. The minimum atomic E-state index is 0.673. The molecule has 1 fully saturated rings. The summed E-state index contributed by atoms with van der Waals surface area (Å²) in [6.07, 6.45) is 4.98. The molecule has 100 valence electrons. The van der Waals surface area contributed by atoms with Crippen molar-refractivity contribution in [3.8, 4) is 0 Å². The Kier molecular flexibility index (Phi) is 5.67. The standard InChI is InChI=1S/C15H22BrNO/c1-18-9-8-13(11-17-15-6-7-15)10-12-2-4-14(16)5-3-12/h2-5,13,15,17H,6-11H2,1H3. The first kappa shape index (κ1) is 14.0. The fourth-order valence-electron chi connectivity index (χ4n) is 2.14. The molecule has 1 atom stereocenters. The van der Waals surface area contributed by atoms with Gasteiger partial charge in [0, 0.05) is 24.2 Å². The molecule has 0 amide bonds. The Morgan fingerprint density at radius 1 is 1.33 bits per heavy atom. The predicted octanol–water partition coefficient (Wildman–Crippen LogP) is 3.40. The highest BCUT2D eigenvalue weighted by Crippen LogP contribution is 2.21. The summed E-state index contributed by atoms with van der Waals surface area (Å²) >= 11 is 3.48. The van der Waals surface area contributed by atoms with Crippen molar-refractivity contribution < 1.29 is 4.74 Å². The highest BCUT2D eigenvalue weighted by atomic mass is 79.9. The van der Waals surface area contributed by atoms with Gasteiger partial charge in [-0.1, -0.05) is 28.1 Å². The molecule has 0 radical (unpaired) electrons. The number of hydrogen-bond acceptors (Lipinski definition) is 2. The molecule has 0 saturated heterocycles. The lowest BCUT2D eigenvalue weighted by Crippen LogP contribution is -2.27. The zero-order chi connectivity index (χ0) is 12.8. The van der Waals surface area contributed by atoms with Gasteiger partial charge in [0.15, 0.2) is 0 Å². The van der Waals surface area contributed by atoms with Gasteiger partial charge in [-0.15, -0.1) is 0 Å². The van der Waals surface area contributed by atoms with Crippen LogP contribution in [-0.4, -0.2) is 26.3 Å². The maximum atomic E-state index is 5.22. The van der Waals surface area contributed by atoms with E-state index in [-0.39, 0.29) is 0 Å². The summed E-state index contributed by atoms with van der Waals surface area (Å²) in [5.41, 5.74) is 1.41. The maximum Gasteiger partial charge on any atom is 0.0465 e. The van der Waals surface area contributed by atoms with E-state index in [1.165, 1.54) is 18.4 Å². The summed E-state index contributed by atoms with van der Waals surface area (Å²) in [6.45, 7) is 1.97. The smallest absolute Gasteiger partial charge is 0.0465 e. The Morgan fingerprint density at radius 3 is 2.67 bits per heavy atom. The second kappa shape index (κ2) is 7.27. The van der Waals surface area contributed by atoms with Crippen molar-refractivity contribution in [2.75, 3.05) is 20.3 Å². The Morgan fingerprint density at radius 2 is 2.06 bits per heavy atom. The summed E-state index contributed by atoms with van der Waals surface area (Å²) in [4.78, 5) is 0. The topological polar surface area (TPSA) is 21.3 Å². The number of methoxy groups -OCH3 is 1. The fraction of sp³-hybridized carbons (Fsp3) is 0.600. The molecule has 1 aliphatic rings. The van der Waals surface area contributed by atoms with E-state index in [4.69, 9.17) is 4.74 Å². The van der Waals surface area contributed by atoms with Gasteiger partial charge in [0.05, 0.1) is 0 Å². The van der Waals surface area contributed by atoms with Gasteiger partial charge in [-0.25, -0.2) is 0 Å². The third-order valence-corrected chi connectivity index (χ3v) is 3.97. The van der Waals surface area contributed by atoms with Crippen molar-refractivity contribution in [3.05, 3.63) is 34.3 Å². The van der Waals surface area contributed by atoms with E-state index in [1.807, 2.05) is 0 Å². The van der Waals surface area contributed by atoms with E-state index in [1.54, 1.807) is 7.11 Å². The molecule has 0 aliphatic heterocycles. The predicted molar refractivity (Wildman–Crippen MR) is 78.9 cm³/mol. The van der Waals surface area contributed by atoms with Gasteiger partial charge in [-0.05, 0) is 55.8 Å². The quantitative estimate of drug-likeness (QED) is 0.794. The molecule has 2 rings (SSSR count). The molecule has 3 heteroatoms. The molecule has 0 spiro atoms. The van der Waals surface area contributed by atoms with Crippen LogP contribution in [0.4, 0.5) is 0 Å². The Bertz CT molecular complexity index is 348. The maximum absolute atomic E-state index is 5.22. The third-order valence-electron chi connectivity index (χ3n) is 3.44. The first-order chi connectivity index (χ1) is 8.78. The summed E-state index contributed by atoms with van der Waals surface area (Å²) in [5, 5.41) is 3.63. The lowest BCUT2D eigenvalue weighted by Gasteiger charge is -2.17. The number of ether oxygens (including phenoxy) is 1. The lowest BCUT2D eigenvalue weighted by molar-refractivity contribution is 0.176. The molecule has 1 saturated carbocycles. The SMILES string of the molecule is COCCC(CNC1CC1)Cc1ccc(Br)cc1. The molecule has 1 aliphatic carbocycles. The third kappa shape index (κ3) is 5.09. The minimum Gasteiger partial charge on any atom is -0.385 e. The molecule has 0 heterocycles. The van der Waals surface area contributed by atoms with E-state index in [9.17, 15) is 0 Å². The summed E-state index contributed by atoms with van der Waals surface area (Å²) in [7, 11) is 1.78. The number of halogens is 1. The zero-order valence-electron chi connectivity index (χ0n) is 11.0. The van der Waals surface area contributed by atoms with Gasteiger partial charge in [0.2, 0.25) is 0 Å². The van der Waals surface area contributed by atoms with Gasteiger partial charge in [0.25, 0.3) is 0 Å². The average molecular weight is 312 g/mol. The van der Waals surface area contributed by atoms with Crippen LogP contribution in [0.15, 0.2) is 28.7 Å². The van der Waals surface area contributed by atoms with Crippen LogP contribution in [0, 0.1) is 5.92 Å². The first-order valence-corrected chi connectivity index (χ1v) is 7.54. The second-order valence-corrected chi connectivity index (χ2v) is 6.08. The van der Waals surface area contributed by atoms with Crippen LogP contribution < -0.4 is 5.32 Å². The molecule has 1 N–H and O–H groups in total. The van der Waals surface area contributed by atoms with Crippen molar-refractivity contribution in [2.24, 2.45) is 5.92 Å². The van der Waals surface area contributed by atoms with Crippen molar-refractivity contribution in [2.45, 2.75) is 31.7 Å². The molecule has 18 heavy (non-hydrogen) atoms. The molecule has 0 bridgehead atoms. The van der Waals surface area contributed by atoms with Gasteiger partial charge >= 0.3 is 0 Å². The van der Waals surface area contributed by atoms with E-state index in [0.717, 1.165) is 36.5 Å². The van der Waals surface area contributed by atoms with Crippen molar-refractivity contribution in [1.29, 1.82) is 0 Å². The Hall–Kier alpha value is -0.380. The second-order valence-electron chi connectivity index (χ2n) is 5.16. The molecule has 1 unspecified atom stereocenters. The number of nitrogens with one attached hydrogen (secondary N) is 1. The van der Waals surface area contributed by atoms with Gasteiger partial charge in [-0.2, -0.15) is 0 Å². The molecule has 0 aromatic heterocycles. The summed E-state index contributed by atoms with van der Waals surface area (Å²) < 4.78 is 6.37. The Labute approximate surface area is 118 Å². The lowest BCUT2D eigenvalue weighted by atomic mass is 9.96. The zero-order valence-corrected chi connectivity index (χ0v) is 12.6. The Balaban J connectivity index is 1.83. The van der Waals surface area contributed by atoms with Gasteiger partial charge in [0.1, 0.15) is 0 Å². The number of benzene rings is 1. The van der Waals surface area contributed by atoms with Crippen LogP contribution in [0.5, 0.6) is 0 Å². The average Bonchev–Trinajstić information content (AvgIpc) is 3.19. The van der Waals surface area contributed by atoms with Crippen LogP contribution in [0.25, 0.3) is 0 Å². The van der Waals surface area contributed by atoms with Gasteiger partial charge in [-0.3, -0.25) is 0 Å². The van der Waals surface area contributed by atoms with E-state index in [0.29, 0.717) is 5.92 Å². The molecular formula is C15H22BrNO. The van der Waals surface area contributed by atoms with Crippen molar-refractivity contribution in [1.82, 2.24) is 5.32 Å². The number of hydrogen-bond donors (Lipinski definition) is 1. The monoisotopic (exact) mass is 311 g/mol. The van der Waals surface area contributed by atoms with Crippen LogP contribution in [-0.2, 0) is 11.2 Å². The fourth-order valence-corrected chi connectivity index (χ4v) is 2.40. The normalized spacial score (nSPS) is 16.8. The summed E-state index contributed by atoms with van der Waals surface area (Å²) in [5.74, 6) is 0.673. The van der Waals surface area contributed by atoms with E-state index in [2.05, 4.69) is 45.5 Å². The molecular weight excluding hydrogens is 290 g/mol. The van der Waals surface area contributed by atoms with E-state index >= 15 is 0 Å². The number of rotatable bonds is 8. The van der Waals surface area contributed by atoms with Crippen LogP contribution >= 0.6 is 15.9 Å². The highest BCUT2D eigenvalue weighted by Gasteiger charge is 2.21. The van der Waals surface area contributed by atoms with Crippen LogP contribution in [0.1, 0.15) is 24.8 Å². The minimum absolute atomic E-state index is 0.673.